The highest BCUT2D eigenvalue weighted by molar-refractivity contribution is 6.67. The number of ether oxygens (including phenoxy) is 1. The summed E-state index contributed by atoms with van der Waals surface area (Å²) in [4.78, 5) is 10.2. The van der Waals surface area contributed by atoms with Gasteiger partial charge in [0, 0.05) is 6.92 Å². The zero-order chi connectivity index (χ0) is 11.8. The average Bonchev–Trinajstić information content (AvgIpc) is 2.03. The van der Waals surface area contributed by atoms with Gasteiger partial charge in [-0.3, -0.25) is 4.79 Å². The highest BCUT2D eigenvalue weighted by Gasteiger charge is 2.16. The van der Waals surface area contributed by atoms with Crippen LogP contribution in [-0.4, -0.2) is 27.6 Å². The first-order valence-electron chi connectivity index (χ1n) is 4.07. The monoisotopic (exact) mass is 264 g/mol. The van der Waals surface area contributed by atoms with Gasteiger partial charge in [-0.2, -0.15) is 0 Å². The molecular formula is C8H15Cl3O3. The molecule has 0 aliphatic heterocycles. The maximum absolute atomic E-state index is 10.2. The van der Waals surface area contributed by atoms with Gasteiger partial charge in [-0.15, -0.1) is 0 Å². The van der Waals surface area contributed by atoms with Crippen molar-refractivity contribution in [2.75, 3.05) is 6.61 Å². The number of carbonyl (C=O) groups excluding carboxylic acids is 1. The zero-order valence-electron chi connectivity index (χ0n) is 8.39. The summed E-state index contributed by atoms with van der Waals surface area (Å²) in [6, 6.07) is 0. The fourth-order valence-corrected chi connectivity index (χ4v) is 0.367. The minimum Gasteiger partial charge on any atom is -0.463 e. The predicted molar refractivity (Wildman–Crippen MR) is 58.9 cm³/mol. The molecule has 0 radical (unpaired) electrons. The summed E-state index contributed by atoms with van der Waals surface area (Å²) in [6.07, 6.45) is 0.965. The molecule has 0 saturated carbocycles. The van der Waals surface area contributed by atoms with Crippen LogP contribution >= 0.6 is 34.8 Å². The molecule has 6 heteroatoms. The second-order valence-electron chi connectivity index (χ2n) is 2.60. The number of rotatable bonds is 2. The third-order valence-corrected chi connectivity index (χ3v) is 1.48. The normalized spacial score (nSPS) is 12.5. The molecule has 0 aromatic carbocycles. The van der Waals surface area contributed by atoms with Crippen LogP contribution in [0.4, 0.5) is 0 Å². The summed E-state index contributed by atoms with van der Waals surface area (Å²) >= 11 is 15.0. The molecule has 0 aliphatic rings. The molecule has 0 bridgehead atoms. The van der Waals surface area contributed by atoms with Crippen molar-refractivity contribution in [3.63, 3.8) is 0 Å². The van der Waals surface area contributed by atoms with Crippen molar-refractivity contribution in [2.24, 2.45) is 0 Å². The molecule has 0 aliphatic carbocycles. The second-order valence-corrected chi connectivity index (χ2v) is 5.12. The number of aliphatic hydroxyl groups is 1. The molecule has 1 N–H and O–H groups in total. The molecule has 1 unspecified atom stereocenters. The lowest BCUT2D eigenvalue weighted by Crippen LogP contribution is -2.09. The standard InChI is InChI=1S/C6H12O2.C2H3Cl3O/c1-4-5(2)8-6(3)7;3-2(4,5)1-6/h5H,4H2,1-3H3;6H,1H2. The van der Waals surface area contributed by atoms with Crippen LogP contribution in [0.5, 0.6) is 0 Å². The van der Waals surface area contributed by atoms with E-state index >= 15 is 0 Å². The molecule has 0 heterocycles. The van der Waals surface area contributed by atoms with Crippen LogP contribution in [0.15, 0.2) is 0 Å². The van der Waals surface area contributed by atoms with Gasteiger partial charge in [0.15, 0.2) is 0 Å². The second kappa shape index (κ2) is 8.60. The van der Waals surface area contributed by atoms with Gasteiger partial charge < -0.3 is 9.84 Å². The van der Waals surface area contributed by atoms with Crippen LogP contribution in [0.3, 0.4) is 0 Å². The van der Waals surface area contributed by atoms with Crippen molar-refractivity contribution < 1.29 is 14.6 Å². The number of hydrogen-bond donors (Lipinski definition) is 1. The van der Waals surface area contributed by atoms with Gasteiger partial charge in [0.2, 0.25) is 3.79 Å². The highest BCUT2D eigenvalue weighted by atomic mass is 35.6. The molecule has 1 atom stereocenters. The van der Waals surface area contributed by atoms with Gasteiger partial charge in [0.25, 0.3) is 0 Å². The van der Waals surface area contributed by atoms with E-state index < -0.39 is 10.4 Å². The Morgan fingerprint density at radius 1 is 1.50 bits per heavy atom. The maximum Gasteiger partial charge on any atom is 0.302 e. The van der Waals surface area contributed by atoms with Crippen LogP contribution in [0, 0.1) is 0 Å². The van der Waals surface area contributed by atoms with Gasteiger partial charge in [0.05, 0.1) is 12.7 Å². The van der Waals surface area contributed by atoms with Crippen LogP contribution in [0.1, 0.15) is 27.2 Å². The van der Waals surface area contributed by atoms with Crippen molar-refractivity contribution in [1.29, 1.82) is 0 Å². The molecule has 0 amide bonds. The van der Waals surface area contributed by atoms with Gasteiger partial charge in [0.1, 0.15) is 0 Å². The SMILES string of the molecule is CCC(C)OC(C)=O.OCC(Cl)(Cl)Cl. The van der Waals surface area contributed by atoms with Crippen molar-refractivity contribution >= 4 is 40.8 Å². The van der Waals surface area contributed by atoms with E-state index in [2.05, 4.69) is 0 Å². The maximum atomic E-state index is 10.2. The Morgan fingerprint density at radius 2 is 1.86 bits per heavy atom. The first-order chi connectivity index (χ1) is 6.22. The van der Waals surface area contributed by atoms with Crippen LogP contribution in [0.25, 0.3) is 0 Å². The topological polar surface area (TPSA) is 46.5 Å². The highest BCUT2D eigenvalue weighted by Crippen LogP contribution is 2.23. The van der Waals surface area contributed by atoms with Gasteiger partial charge in [-0.05, 0) is 13.3 Å². The van der Waals surface area contributed by atoms with E-state index in [9.17, 15) is 4.79 Å². The summed E-state index contributed by atoms with van der Waals surface area (Å²) in [7, 11) is 0. The molecule has 0 aromatic heterocycles. The number of esters is 1. The Bertz CT molecular complexity index is 156. The summed E-state index contributed by atoms with van der Waals surface area (Å²) in [6.45, 7) is 4.85. The van der Waals surface area contributed by atoms with Gasteiger partial charge in [-0.1, -0.05) is 41.7 Å². The molecule has 86 valence electrons. The van der Waals surface area contributed by atoms with E-state index in [1.165, 1.54) is 6.92 Å². The van der Waals surface area contributed by atoms with Gasteiger partial charge >= 0.3 is 5.97 Å². The lowest BCUT2D eigenvalue weighted by atomic mass is 10.3. The number of carbonyl (C=O) groups is 1. The minimum absolute atomic E-state index is 0.0764. The van der Waals surface area contributed by atoms with Crippen molar-refractivity contribution in [3.05, 3.63) is 0 Å². The fraction of sp³-hybridized carbons (Fsp3) is 0.875. The predicted octanol–water partition coefficient (Wildman–Crippen LogP) is 2.70. The Morgan fingerprint density at radius 3 is 1.93 bits per heavy atom. The Hall–Kier alpha value is 0.300. The van der Waals surface area contributed by atoms with Crippen molar-refractivity contribution in [2.45, 2.75) is 37.1 Å². The molecule has 3 nitrogen and oxygen atoms in total. The lowest BCUT2D eigenvalue weighted by molar-refractivity contribution is -0.145. The van der Waals surface area contributed by atoms with E-state index in [0.717, 1.165) is 6.42 Å². The van der Waals surface area contributed by atoms with E-state index in [-0.39, 0.29) is 12.1 Å². The van der Waals surface area contributed by atoms with Crippen LogP contribution in [0.2, 0.25) is 0 Å². The smallest absolute Gasteiger partial charge is 0.302 e. The third-order valence-electron chi connectivity index (χ3n) is 1.12. The van der Waals surface area contributed by atoms with E-state index in [4.69, 9.17) is 44.6 Å². The number of hydrogen-bond acceptors (Lipinski definition) is 3. The largest absolute Gasteiger partial charge is 0.463 e. The lowest BCUT2D eigenvalue weighted by Gasteiger charge is -2.06. The van der Waals surface area contributed by atoms with E-state index in [1.807, 2.05) is 13.8 Å². The zero-order valence-corrected chi connectivity index (χ0v) is 10.7. The van der Waals surface area contributed by atoms with E-state index in [0.29, 0.717) is 0 Å². The van der Waals surface area contributed by atoms with Crippen LogP contribution in [-0.2, 0) is 9.53 Å². The number of halogens is 3. The Kier molecular flexibility index (Phi) is 10.3. The third kappa shape index (κ3) is 18.2. The summed E-state index contributed by atoms with van der Waals surface area (Å²) in [5.74, 6) is -0.195. The van der Waals surface area contributed by atoms with Crippen molar-refractivity contribution in [1.82, 2.24) is 0 Å². The average molecular weight is 266 g/mol. The number of alkyl halides is 3. The molecule has 0 rings (SSSR count). The molecule has 14 heavy (non-hydrogen) atoms. The Labute approximate surface area is 99.3 Å². The quantitative estimate of drug-likeness (QED) is 0.617. The fourth-order valence-electron chi connectivity index (χ4n) is 0.367. The summed E-state index contributed by atoms with van der Waals surface area (Å²) in [5.41, 5.74) is 0. The van der Waals surface area contributed by atoms with Crippen molar-refractivity contribution in [3.8, 4) is 0 Å². The molecule has 0 fully saturated rings. The first-order valence-corrected chi connectivity index (χ1v) is 5.21. The Balaban J connectivity index is 0. The molecule has 0 aromatic rings. The van der Waals surface area contributed by atoms with Crippen LogP contribution < -0.4 is 0 Å². The summed E-state index contributed by atoms with van der Waals surface area (Å²) < 4.78 is 3.27. The number of aliphatic hydroxyl groups excluding tert-OH is 1. The van der Waals surface area contributed by atoms with E-state index in [1.54, 1.807) is 0 Å². The molecule has 0 spiro atoms. The summed E-state index contributed by atoms with van der Waals surface area (Å²) in [5, 5.41) is 8.01. The molecule has 0 saturated heterocycles. The molecular weight excluding hydrogens is 250 g/mol. The first kappa shape index (κ1) is 16.7. The minimum atomic E-state index is -1.49. The van der Waals surface area contributed by atoms with Gasteiger partial charge in [-0.25, -0.2) is 0 Å².